The summed E-state index contributed by atoms with van der Waals surface area (Å²) in [6.45, 7) is 9.07. The molecule has 4 rings (SSSR count). The van der Waals surface area contributed by atoms with Crippen LogP contribution in [0.1, 0.15) is 56.8 Å². The maximum atomic E-state index is 13.1. The normalized spacial score (nSPS) is 20.5. The van der Waals surface area contributed by atoms with Gasteiger partial charge in [0.25, 0.3) is 15.9 Å². The molecule has 0 saturated carbocycles. The van der Waals surface area contributed by atoms with Crippen molar-refractivity contribution in [1.82, 2.24) is 14.7 Å². The zero-order chi connectivity index (χ0) is 25.1. The number of hydrogen-bond acceptors (Lipinski definition) is 8. The van der Waals surface area contributed by atoms with Gasteiger partial charge < -0.3 is 14.4 Å². The Morgan fingerprint density at radius 2 is 2.00 bits per heavy atom. The fourth-order valence-corrected chi connectivity index (χ4v) is 5.90. The summed E-state index contributed by atoms with van der Waals surface area (Å²) < 4.78 is 39.2. The molecule has 0 aliphatic carbocycles. The van der Waals surface area contributed by atoms with Gasteiger partial charge in [-0.15, -0.1) is 0 Å². The van der Waals surface area contributed by atoms with Crippen LogP contribution < -0.4 is 14.4 Å². The molecule has 2 saturated heterocycles. The van der Waals surface area contributed by atoms with Gasteiger partial charge in [0.15, 0.2) is 5.03 Å². The van der Waals surface area contributed by atoms with E-state index in [-0.39, 0.29) is 22.0 Å². The van der Waals surface area contributed by atoms with Crippen LogP contribution >= 0.6 is 0 Å². The van der Waals surface area contributed by atoms with Gasteiger partial charge in [0.2, 0.25) is 5.88 Å². The molecule has 9 nitrogen and oxygen atoms in total. The Balaban J connectivity index is 1.45. The van der Waals surface area contributed by atoms with Crippen LogP contribution in [-0.2, 0) is 14.8 Å². The molecular formula is C25H34N4O5S. The molecule has 2 aliphatic heterocycles. The zero-order valence-corrected chi connectivity index (χ0v) is 21.4. The quantitative estimate of drug-likeness (QED) is 0.585. The number of nitrogens with zero attached hydrogens (tertiary/aromatic N) is 3. The fourth-order valence-electron chi connectivity index (χ4n) is 4.97. The Morgan fingerprint density at radius 3 is 2.71 bits per heavy atom. The van der Waals surface area contributed by atoms with Crippen molar-refractivity contribution in [2.45, 2.75) is 57.0 Å². The fraction of sp³-hybridized carbons (Fsp3) is 0.560. The maximum absolute atomic E-state index is 13.1. The number of aromatic nitrogens is 2. The van der Waals surface area contributed by atoms with Crippen LogP contribution in [0.25, 0.3) is 0 Å². The molecule has 1 N–H and O–H groups in total. The lowest BCUT2D eigenvalue weighted by Crippen LogP contribution is -2.41. The number of ether oxygens (including phenoxy) is 2. The highest BCUT2D eigenvalue weighted by Crippen LogP contribution is 2.37. The van der Waals surface area contributed by atoms with E-state index in [0.29, 0.717) is 24.3 Å². The molecule has 0 aromatic carbocycles. The molecular weight excluding hydrogens is 468 g/mol. The van der Waals surface area contributed by atoms with E-state index in [1.807, 2.05) is 0 Å². The molecule has 2 fully saturated rings. The van der Waals surface area contributed by atoms with Crippen LogP contribution in [0.5, 0.6) is 5.88 Å². The summed E-state index contributed by atoms with van der Waals surface area (Å²) in [6.07, 6.45) is 5.42. The zero-order valence-electron chi connectivity index (χ0n) is 20.6. The average molecular weight is 503 g/mol. The van der Waals surface area contributed by atoms with Crippen molar-refractivity contribution < 1.29 is 22.7 Å². The third kappa shape index (κ3) is 6.10. The Kier molecular flexibility index (Phi) is 7.61. The Bertz CT molecular complexity index is 1150. The van der Waals surface area contributed by atoms with Gasteiger partial charge in [-0.05, 0) is 69.6 Å². The molecule has 0 radical (unpaired) electrons. The third-order valence-electron chi connectivity index (χ3n) is 6.68. The number of anilines is 1. The van der Waals surface area contributed by atoms with E-state index < -0.39 is 15.9 Å². The molecule has 190 valence electrons. The summed E-state index contributed by atoms with van der Waals surface area (Å²) >= 11 is 0. The maximum Gasteiger partial charge on any atom is 0.281 e. The van der Waals surface area contributed by atoms with E-state index in [1.54, 1.807) is 30.5 Å². The topological polar surface area (TPSA) is 111 Å². The predicted molar refractivity (Wildman–Crippen MR) is 132 cm³/mol. The van der Waals surface area contributed by atoms with Gasteiger partial charge in [0.1, 0.15) is 5.82 Å². The molecule has 2 aromatic heterocycles. The molecule has 1 amide bonds. The summed E-state index contributed by atoms with van der Waals surface area (Å²) in [5, 5.41) is -0.269. The van der Waals surface area contributed by atoms with Gasteiger partial charge in [-0.25, -0.2) is 9.71 Å². The van der Waals surface area contributed by atoms with Gasteiger partial charge in [0.05, 0.1) is 12.2 Å². The lowest BCUT2D eigenvalue weighted by atomic mass is 9.97. The first-order valence-electron chi connectivity index (χ1n) is 12.1. The summed E-state index contributed by atoms with van der Waals surface area (Å²) in [6, 6.07) is 7.73. The van der Waals surface area contributed by atoms with Crippen molar-refractivity contribution in [1.29, 1.82) is 0 Å². The van der Waals surface area contributed by atoms with Crippen molar-refractivity contribution in [3.63, 3.8) is 0 Å². The molecule has 1 unspecified atom stereocenters. The molecule has 0 bridgehead atoms. The largest absolute Gasteiger partial charge is 0.478 e. The number of sulfonamides is 1. The number of carbonyl (C=O) groups excluding carboxylic acids is 1. The number of pyridine rings is 2. The van der Waals surface area contributed by atoms with Crippen molar-refractivity contribution in [2.24, 2.45) is 11.8 Å². The Morgan fingerprint density at radius 1 is 1.23 bits per heavy atom. The first-order valence-corrected chi connectivity index (χ1v) is 13.6. The van der Waals surface area contributed by atoms with E-state index in [4.69, 9.17) is 9.47 Å². The summed E-state index contributed by atoms with van der Waals surface area (Å²) in [4.78, 5) is 23.7. The highest BCUT2D eigenvalue weighted by molar-refractivity contribution is 7.90. The minimum atomic E-state index is -4.21. The molecule has 2 aliphatic rings. The van der Waals surface area contributed by atoms with Gasteiger partial charge in [-0.1, -0.05) is 13.0 Å². The lowest BCUT2D eigenvalue weighted by Gasteiger charge is -2.33. The summed E-state index contributed by atoms with van der Waals surface area (Å²) in [5.74, 6) is 0.920. The van der Waals surface area contributed by atoms with E-state index in [2.05, 4.69) is 40.4 Å². The highest BCUT2D eigenvalue weighted by Gasteiger charge is 2.39. The van der Waals surface area contributed by atoms with Crippen molar-refractivity contribution >= 4 is 21.7 Å². The predicted octanol–water partition coefficient (Wildman–Crippen LogP) is 3.42. The molecule has 35 heavy (non-hydrogen) atoms. The second kappa shape index (κ2) is 10.5. The van der Waals surface area contributed by atoms with Crippen LogP contribution in [0, 0.1) is 11.8 Å². The number of carbonyl (C=O) groups is 1. The second-order valence-corrected chi connectivity index (χ2v) is 11.7. The standard InChI is InChI=1S/C25H34N4O5S/c1-18-16-25(2,3)29(17-18)23-20(6-5-12-26-23)24(30)28-35(31,32)22-8-4-7-21(27-22)34-15-11-19-9-13-33-14-10-19/h4-8,12,18-19H,9-11,13-17H2,1-3H3,(H,28,30). The van der Waals surface area contributed by atoms with Crippen LogP contribution in [0.2, 0.25) is 0 Å². The second-order valence-electron chi connectivity index (χ2n) is 10.0. The van der Waals surface area contributed by atoms with E-state index >= 15 is 0 Å². The highest BCUT2D eigenvalue weighted by atomic mass is 32.2. The number of amides is 1. The van der Waals surface area contributed by atoms with E-state index in [0.717, 1.165) is 45.4 Å². The van der Waals surface area contributed by atoms with Gasteiger partial charge in [-0.2, -0.15) is 13.4 Å². The van der Waals surface area contributed by atoms with Gasteiger partial charge in [-0.3, -0.25) is 4.79 Å². The number of nitrogens with one attached hydrogen (secondary N) is 1. The molecule has 4 heterocycles. The molecule has 0 spiro atoms. The van der Waals surface area contributed by atoms with E-state index in [9.17, 15) is 13.2 Å². The lowest BCUT2D eigenvalue weighted by molar-refractivity contribution is 0.0591. The molecule has 1 atom stereocenters. The van der Waals surface area contributed by atoms with Crippen molar-refractivity contribution in [3.05, 3.63) is 42.1 Å². The first-order chi connectivity index (χ1) is 16.7. The van der Waals surface area contributed by atoms with Gasteiger partial charge in [0, 0.05) is 37.6 Å². The van der Waals surface area contributed by atoms with Gasteiger partial charge >= 0.3 is 0 Å². The van der Waals surface area contributed by atoms with Crippen molar-refractivity contribution in [2.75, 3.05) is 31.3 Å². The smallest absolute Gasteiger partial charge is 0.281 e. The van der Waals surface area contributed by atoms with Crippen LogP contribution in [-0.4, -0.2) is 56.2 Å². The van der Waals surface area contributed by atoms with Crippen molar-refractivity contribution in [3.8, 4) is 5.88 Å². The minimum Gasteiger partial charge on any atom is -0.478 e. The summed E-state index contributed by atoms with van der Waals surface area (Å²) in [5.41, 5.74) is 0.0154. The van der Waals surface area contributed by atoms with Crippen LogP contribution in [0.4, 0.5) is 5.82 Å². The monoisotopic (exact) mass is 502 g/mol. The van der Waals surface area contributed by atoms with Crippen LogP contribution in [0.15, 0.2) is 41.6 Å². The number of rotatable bonds is 8. The minimum absolute atomic E-state index is 0.195. The Labute approximate surface area is 207 Å². The SMILES string of the molecule is CC1CN(c2ncccc2C(=O)NS(=O)(=O)c2cccc(OCCC3CCOCC3)n2)C(C)(C)C1. The van der Waals surface area contributed by atoms with E-state index in [1.165, 1.54) is 6.07 Å². The molecule has 10 heteroatoms. The molecule has 2 aromatic rings. The number of hydrogen-bond donors (Lipinski definition) is 1. The average Bonchev–Trinajstić information content (AvgIpc) is 3.11. The Hall–Kier alpha value is -2.72. The summed E-state index contributed by atoms with van der Waals surface area (Å²) in [7, 11) is -4.21. The van der Waals surface area contributed by atoms with Crippen LogP contribution in [0.3, 0.4) is 0 Å². The third-order valence-corrected chi connectivity index (χ3v) is 7.91. The first kappa shape index (κ1) is 25.4.